The van der Waals surface area contributed by atoms with Crippen LogP contribution in [-0.4, -0.2) is 51.5 Å². The molecule has 0 bridgehead atoms. The molecule has 1 aromatic heterocycles. The molecular weight excluding hydrogens is 801 g/mol. The van der Waals surface area contributed by atoms with Crippen molar-refractivity contribution >= 4 is 41.0 Å². The summed E-state index contributed by atoms with van der Waals surface area (Å²) < 4.78 is 18.6. The van der Waals surface area contributed by atoms with E-state index in [1.807, 2.05) is 92.7 Å². The first-order valence-corrected chi connectivity index (χ1v) is 20.3. The molecule has 3 atom stereocenters. The Morgan fingerprint density at radius 3 is 2.33 bits per heavy atom. The fourth-order valence-corrected chi connectivity index (χ4v) is 7.88. The molecule has 0 aliphatic carbocycles. The number of nitrogens with one attached hydrogen (secondary N) is 1. The summed E-state index contributed by atoms with van der Waals surface area (Å²) in [5, 5.41) is 14.0. The van der Waals surface area contributed by atoms with Crippen molar-refractivity contribution in [2.75, 3.05) is 6.61 Å². The molecule has 0 fully saturated rings. The molecule has 10 nitrogen and oxygen atoms in total. The van der Waals surface area contributed by atoms with Crippen LogP contribution in [0.4, 0.5) is 0 Å². The van der Waals surface area contributed by atoms with Crippen molar-refractivity contribution in [1.29, 1.82) is 0 Å². The van der Waals surface area contributed by atoms with Crippen LogP contribution in [0.3, 0.4) is 0 Å². The van der Waals surface area contributed by atoms with Crippen LogP contribution in [0.15, 0.2) is 121 Å². The van der Waals surface area contributed by atoms with E-state index in [-0.39, 0.29) is 31.9 Å². The van der Waals surface area contributed by atoms with Crippen molar-refractivity contribution in [2.24, 2.45) is 0 Å². The smallest absolute Gasteiger partial charge is 0.326 e. The number of amides is 2. The minimum Gasteiger partial charge on any atom is -0.489 e. The first-order chi connectivity index (χ1) is 29.0. The molecule has 2 aliphatic heterocycles. The standard InChI is InChI=1S/C48H41Cl2N3O7/c1-28-29(2)51-19-18-38(28)32-11-8-30(9-12-32)21-41(48(56)57)52-46(54)42-22-35-23-43-44(24-36(35)25-53(42)47(55)34-6-4-3-5-7-34)60-45(27-59-43)33-13-15-37(16-14-33)58-26-31-10-17-39(49)40(50)20-31/h3-20,23-24,41-42,45H,21-22,25-27H2,1-2H3,(H,52,54)(H,56,57)/t41-,42-,45+/m0/s1. The second kappa shape index (κ2) is 17.5. The van der Waals surface area contributed by atoms with E-state index >= 15 is 0 Å². The summed E-state index contributed by atoms with van der Waals surface area (Å²) in [4.78, 5) is 46.7. The van der Waals surface area contributed by atoms with Crippen LogP contribution in [0.2, 0.25) is 10.0 Å². The number of fused-ring (bicyclic) bond motifs is 2. The van der Waals surface area contributed by atoms with Crippen molar-refractivity contribution in [3.05, 3.63) is 176 Å². The van der Waals surface area contributed by atoms with Gasteiger partial charge in [0.25, 0.3) is 5.91 Å². The number of hydrogen-bond donors (Lipinski definition) is 2. The topological polar surface area (TPSA) is 127 Å². The third-order valence-corrected chi connectivity index (χ3v) is 11.8. The third kappa shape index (κ3) is 8.80. The van der Waals surface area contributed by atoms with Crippen LogP contribution in [0.5, 0.6) is 17.2 Å². The van der Waals surface area contributed by atoms with E-state index in [2.05, 4.69) is 10.3 Å². The number of carbonyl (C=O) groups excluding carboxylic acids is 2. The molecule has 2 amide bonds. The predicted octanol–water partition coefficient (Wildman–Crippen LogP) is 9.14. The molecule has 2 aliphatic rings. The summed E-state index contributed by atoms with van der Waals surface area (Å²) >= 11 is 12.2. The van der Waals surface area contributed by atoms with Crippen molar-refractivity contribution < 1.29 is 33.7 Å². The molecule has 0 unspecified atom stereocenters. The number of carboxylic acid groups (broad SMARTS) is 1. The van der Waals surface area contributed by atoms with Crippen LogP contribution >= 0.6 is 23.2 Å². The van der Waals surface area contributed by atoms with Gasteiger partial charge in [0.2, 0.25) is 5.91 Å². The summed E-state index contributed by atoms with van der Waals surface area (Å²) in [6.07, 6.45) is 1.56. The van der Waals surface area contributed by atoms with Crippen LogP contribution in [0, 0.1) is 13.8 Å². The van der Waals surface area contributed by atoms with Gasteiger partial charge in [0.1, 0.15) is 31.0 Å². The molecule has 0 radical (unpaired) electrons. The molecule has 0 saturated carbocycles. The lowest BCUT2D eigenvalue weighted by atomic mass is 9.91. The highest BCUT2D eigenvalue weighted by molar-refractivity contribution is 6.42. The number of nitrogens with zero attached hydrogens (tertiary/aromatic N) is 2. The lowest BCUT2D eigenvalue weighted by Gasteiger charge is -2.37. The van der Waals surface area contributed by atoms with Gasteiger partial charge in [-0.2, -0.15) is 0 Å². The molecule has 60 heavy (non-hydrogen) atoms. The molecule has 12 heteroatoms. The van der Waals surface area contributed by atoms with Gasteiger partial charge in [-0.15, -0.1) is 0 Å². The predicted molar refractivity (Wildman–Crippen MR) is 229 cm³/mol. The van der Waals surface area contributed by atoms with Crippen molar-refractivity contribution in [2.45, 2.75) is 58.0 Å². The molecule has 0 saturated heterocycles. The lowest BCUT2D eigenvalue weighted by Crippen LogP contribution is -2.56. The Labute approximate surface area is 357 Å². The van der Waals surface area contributed by atoms with Crippen LogP contribution < -0.4 is 19.5 Å². The Morgan fingerprint density at radius 1 is 0.867 bits per heavy atom. The maximum Gasteiger partial charge on any atom is 0.326 e. The average Bonchev–Trinajstić information content (AvgIpc) is 3.26. The van der Waals surface area contributed by atoms with E-state index in [0.717, 1.165) is 50.2 Å². The van der Waals surface area contributed by atoms with Gasteiger partial charge in [0.15, 0.2) is 17.6 Å². The largest absolute Gasteiger partial charge is 0.489 e. The van der Waals surface area contributed by atoms with Gasteiger partial charge in [-0.3, -0.25) is 14.6 Å². The Hall–Kier alpha value is -6.36. The van der Waals surface area contributed by atoms with Crippen molar-refractivity contribution in [1.82, 2.24) is 15.2 Å². The number of carbonyl (C=O) groups is 3. The summed E-state index contributed by atoms with van der Waals surface area (Å²) in [5.41, 5.74) is 8.58. The van der Waals surface area contributed by atoms with E-state index in [0.29, 0.717) is 39.5 Å². The number of halogens is 2. The van der Waals surface area contributed by atoms with Crippen molar-refractivity contribution in [3.8, 4) is 28.4 Å². The van der Waals surface area contributed by atoms with Crippen molar-refractivity contribution in [3.63, 3.8) is 0 Å². The molecule has 5 aromatic carbocycles. The Morgan fingerprint density at radius 2 is 1.60 bits per heavy atom. The highest BCUT2D eigenvalue weighted by Crippen LogP contribution is 2.41. The number of ether oxygens (including phenoxy) is 3. The van der Waals surface area contributed by atoms with Gasteiger partial charge in [0, 0.05) is 36.8 Å². The summed E-state index contributed by atoms with van der Waals surface area (Å²) in [6.45, 7) is 4.65. The van der Waals surface area contributed by atoms with Gasteiger partial charge in [-0.05, 0) is 113 Å². The van der Waals surface area contributed by atoms with E-state index in [9.17, 15) is 19.5 Å². The fourth-order valence-electron chi connectivity index (χ4n) is 7.56. The first-order valence-electron chi connectivity index (χ1n) is 19.5. The minimum atomic E-state index is -1.23. The molecular formula is C48H41Cl2N3O7. The van der Waals surface area contributed by atoms with E-state index in [1.54, 1.807) is 42.6 Å². The summed E-state index contributed by atoms with van der Waals surface area (Å²) in [5.74, 6) is -0.363. The van der Waals surface area contributed by atoms with Crippen LogP contribution in [0.25, 0.3) is 11.1 Å². The summed E-state index contributed by atoms with van der Waals surface area (Å²) in [7, 11) is 0. The zero-order valence-electron chi connectivity index (χ0n) is 32.9. The SMILES string of the molecule is Cc1nccc(-c2ccc(C[C@H](NC(=O)[C@@H]3Cc4cc5c(cc4CN3C(=O)c3ccccc3)O[C@@H](c3ccc(OCc4ccc(Cl)c(Cl)c4)cc3)CO5)C(=O)O)cc2)c1C. The molecule has 2 N–H and O–H groups in total. The zero-order valence-corrected chi connectivity index (χ0v) is 34.4. The number of pyridine rings is 1. The number of aryl methyl sites for hydroxylation is 1. The molecule has 3 heterocycles. The highest BCUT2D eigenvalue weighted by Gasteiger charge is 2.38. The quantitative estimate of drug-likeness (QED) is 0.132. The van der Waals surface area contributed by atoms with Gasteiger partial charge >= 0.3 is 5.97 Å². The monoisotopic (exact) mass is 841 g/mol. The maximum atomic E-state index is 14.2. The fraction of sp³-hybridized carbons (Fsp3) is 0.208. The summed E-state index contributed by atoms with van der Waals surface area (Å²) in [6, 6.07) is 32.8. The number of benzene rings is 5. The number of hydrogen-bond acceptors (Lipinski definition) is 7. The molecule has 8 rings (SSSR count). The van der Waals surface area contributed by atoms with Crippen LogP contribution in [0.1, 0.15) is 55.5 Å². The average molecular weight is 843 g/mol. The van der Waals surface area contributed by atoms with E-state index < -0.39 is 30.1 Å². The molecule has 304 valence electrons. The second-order valence-electron chi connectivity index (χ2n) is 15.0. The Kier molecular flexibility index (Phi) is 11.8. The number of aromatic nitrogens is 1. The van der Waals surface area contributed by atoms with E-state index in [1.165, 1.54) is 4.90 Å². The maximum absolute atomic E-state index is 14.2. The third-order valence-electron chi connectivity index (χ3n) is 11.1. The number of carboxylic acids is 1. The van der Waals surface area contributed by atoms with Gasteiger partial charge in [0.05, 0.1) is 10.0 Å². The highest BCUT2D eigenvalue weighted by atomic mass is 35.5. The molecule has 6 aromatic rings. The first kappa shape index (κ1) is 40.4. The van der Waals surface area contributed by atoms with Crippen LogP contribution in [-0.2, 0) is 35.6 Å². The van der Waals surface area contributed by atoms with E-state index in [4.69, 9.17) is 37.4 Å². The van der Waals surface area contributed by atoms with Gasteiger partial charge in [-0.25, -0.2) is 4.79 Å². The number of rotatable bonds is 11. The van der Waals surface area contributed by atoms with Gasteiger partial charge in [-0.1, -0.05) is 83.9 Å². The zero-order chi connectivity index (χ0) is 41.9. The van der Waals surface area contributed by atoms with Gasteiger partial charge < -0.3 is 29.5 Å². The molecule has 0 spiro atoms. The second-order valence-corrected chi connectivity index (χ2v) is 15.8. The minimum absolute atomic E-state index is 0.0555. The Balaban J connectivity index is 0.981. The normalized spacial score (nSPS) is 16.0. The Bertz CT molecular complexity index is 2570. The lowest BCUT2D eigenvalue weighted by molar-refractivity contribution is -0.142. The number of aliphatic carboxylic acids is 1.